The Morgan fingerprint density at radius 3 is 2.70 bits per heavy atom. The van der Waals surface area contributed by atoms with Crippen molar-refractivity contribution >= 4 is 24.0 Å². The van der Waals surface area contributed by atoms with Gasteiger partial charge in [-0.05, 0) is 26.2 Å². The van der Waals surface area contributed by atoms with Crippen LogP contribution in [0.25, 0.3) is 0 Å². The van der Waals surface area contributed by atoms with E-state index < -0.39 is 23.7 Å². The van der Waals surface area contributed by atoms with Crippen molar-refractivity contribution in [3.8, 4) is 0 Å². The minimum absolute atomic E-state index is 0.00976. The zero-order valence-electron chi connectivity index (χ0n) is 13.8. The van der Waals surface area contributed by atoms with E-state index in [1.807, 2.05) is 13.8 Å². The van der Waals surface area contributed by atoms with E-state index in [-0.39, 0.29) is 29.9 Å². The SMILES string of the molecule is CCC1OC1[C@H](CC)[C@H](O)[C@H]1NC(=O)[C@H](CCCl)[C@]1(C)OC=O. The van der Waals surface area contributed by atoms with Crippen molar-refractivity contribution in [1.29, 1.82) is 0 Å². The lowest BCUT2D eigenvalue weighted by Crippen LogP contribution is -2.55. The molecule has 7 heteroatoms. The summed E-state index contributed by atoms with van der Waals surface area (Å²) < 4.78 is 10.9. The van der Waals surface area contributed by atoms with Gasteiger partial charge in [0, 0.05) is 11.8 Å². The fraction of sp³-hybridized carbons (Fsp3) is 0.875. The van der Waals surface area contributed by atoms with Gasteiger partial charge in [-0.2, -0.15) is 0 Å². The number of ether oxygens (including phenoxy) is 2. The summed E-state index contributed by atoms with van der Waals surface area (Å²) in [5.74, 6) is -0.642. The average molecular weight is 348 g/mol. The van der Waals surface area contributed by atoms with E-state index in [0.29, 0.717) is 19.3 Å². The van der Waals surface area contributed by atoms with Gasteiger partial charge in [0.1, 0.15) is 5.60 Å². The molecule has 1 amide bonds. The molecule has 6 nitrogen and oxygen atoms in total. The summed E-state index contributed by atoms with van der Waals surface area (Å²) in [6, 6.07) is -0.667. The van der Waals surface area contributed by atoms with E-state index >= 15 is 0 Å². The number of aliphatic hydroxyl groups excluding tert-OH is 1. The molecular weight excluding hydrogens is 322 g/mol. The van der Waals surface area contributed by atoms with Crippen molar-refractivity contribution in [2.45, 2.75) is 70.0 Å². The fourth-order valence-electron chi connectivity index (χ4n) is 3.86. The van der Waals surface area contributed by atoms with Crippen LogP contribution in [0.15, 0.2) is 0 Å². The van der Waals surface area contributed by atoms with Crippen LogP contribution in [0.4, 0.5) is 0 Å². The molecule has 0 spiro atoms. The van der Waals surface area contributed by atoms with E-state index in [1.54, 1.807) is 6.92 Å². The van der Waals surface area contributed by atoms with Crippen LogP contribution in [-0.4, -0.2) is 53.3 Å². The molecule has 2 aliphatic rings. The highest BCUT2D eigenvalue weighted by atomic mass is 35.5. The first kappa shape index (κ1) is 18.5. The molecule has 0 aromatic rings. The number of rotatable bonds is 9. The summed E-state index contributed by atoms with van der Waals surface area (Å²) in [7, 11) is 0. The number of amides is 1. The van der Waals surface area contributed by atoms with Crippen LogP contribution in [-0.2, 0) is 19.1 Å². The highest BCUT2D eigenvalue weighted by molar-refractivity contribution is 6.18. The third-order valence-electron chi connectivity index (χ3n) is 5.32. The van der Waals surface area contributed by atoms with Crippen molar-refractivity contribution in [1.82, 2.24) is 5.32 Å². The van der Waals surface area contributed by atoms with Crippen LogP contribution in [0.1, 0.15) is 40.0 Å². The van der Waals surface area contributed by atoms with Crippen LogP contribution in [0, 0.1) is 11.8 Å². The summed E-state index contributed by atoms with van der Waals surface area (Å²) in [5.41, 5.74) is -1.11. The minimum Gasteiger partial charge on any atom is -0.458 e. The van der Waals surface area contributed by atoms with Crippen LogP contribution in [0.5, 0.6) is 0 Å². The molecule has 0 aromatic heterocycles. The lowest BCUT2D eigenvalue weighted by Gasteiger charge is -2.37. The van der Waals surface area contributed by atoms with Crippen LogP contribution in [0.3, 0.4) is 0 Å². The Labute approximate surface area is 141 Å². The van der Waals surface area contributed by atoms with Gasteiger partial charge in [0.15, 0.2) is 0 Å². The lowest BCUT2D eigenvalue weighted by molar-refractivity contribution is -0.153. The van der Waals surface area contributed by atoms with Crippen molar-refractivity contribution in [2.24, 2.45) is 11.8 Å². The first-order valence-electron chi connectivity index (χ1n) is 8.25. The standard InChI is InChI=1S/C16H26ClNO5/c1-4-9(13-11(5-2)23-13)12(20)14-16(3,22-8-19)10(6-7-17)15(21)18-14/h8-14,20H,4-7H2,1-3H3,(H,18,21)/t9-,10+,11?,12+,13?,14-,16+/m1/s1. The quantitative estimate of drug-likeness (QED) is 0.372. The smallest absolute Gasteiger partial charge is 0.293 e. The van der Waals surface area contributed by atoms with Gasteiger partial charge >= 0.3 is 0 Å². The molecule has 2 unspecified atom stereocenters. The number of halogens is 1. The van der Waals surface area contributed by atoms with E-state index in [2.05, 4.69) is 5.32 Å². The molecule has 2 N–H and O–H groups in total. The molecule has 23 heavy (non-hydrogen) atoms. The topological polar surface area (TPSA) is 88.2 Å². The van der Waals surface area contributed by atoms with Crippen LogP contribution < -0.4 is 5.32 Å². The van der Waals surface area contributed by atoms with E-state index in [4.69, 9.17) is 21.1 Å². The Hall–Kier alpha value is -0.850. The Morgan fingerprint density at radius 1 is 1.52 bits per heavy atom. The molecule has 2 heterocycles. The predicted molar refractivity (Wildman–Crippen MR) is 85.1 cm³/mol. The maximum atomic E-state index is 12.3. The number of alkyl halides is 1. The number of carbonyl (C=O) groups excluding carboxylic acids is 2. The van der Waals surface area contributed by atoms with Crippen molar-refractivity contribution in [3.63, 3.8) is 0 Å². The van der Waals surface area contributed by atoms with E-state index in [9.17, 15) is 14.7 Å². The summed E-state index contributed by atoms with van der Waals surface area (Å²) in [4.78, 5) is 23.3. The van der Waals surface area contributed by atoms with E-state index in [0.717, 1.165) is 6.42 Å². The second-order valence-electron chi connectivity index (χ2n) is 6.52. The zero-order chi connectivity index (χ0) is 17.2. The van der Waals surface area contributed by atoms with E-state index in [1.165, 1.54) is 0 Å². The second kappa shape index (κ2) is 7.36. The molecule has 2 fully saturated rings. The number of carbonyl (C=O) groups is 2. The largest absolute Gasteiger partial charge is 0.458 e. The molecule has 0 bridgehead atoms. The number of hydrogen-bond acceptors (Lipinski definition) is 5. The molecular formula is C16H26ClNO5. The van der Waals surface area contributed by atoms with Crippen LogP contribution >= 0.6 is 11.6 Å². The van der Waals surface area contributed by atoms with Crippen molar-refractivity contribution in [2.75, 3.05) is 5.88 Å². The molecule has 0 saturated carbocycles. The van der Waals surface area contributed by atoms with Gasteiger partial charge in [-0.1, -0.05) is 13.8 Å². The maximum absolute atomic E-state index is 12.3. The second-order valence-corrected chi connectivity index (χ2v) is 6.90. The van der Waals surface area contributed by atoms with Crippen molar-refractivity contribution < 1.29 is 24.2 Å². The first-order valence-corrected chi connectivity index (χ1v) is 8.79. The maximum Gasteiger partial charge on any atom is 0.293 e. The van der Waals surface area contributed by atoms with Gasteiger partial charge in [-0.25, -0.2) is 0 Å². The minimum atomic E-state index is -1.11. The Bertz CT molecular complexity index is 448. The molecule has 2 rings (SSSR count). The molecule has 0 aliphatic carbocycles. The van der Waals surface area contributed by atoms with Gasteiger partial charge in [0.05, 0.1) is 30.3 Å². The van der Waals surface area contributed by atoms with Gasteiger partial charge < -0.3 is 19.9 Å². The van der Waals surface area contributed by atoms with Gasteiger partial charge in [0.25, 0.3) is 6.47 Å². The molecule has 0 radical (unpaired) electrons. The predicted octanol–water partition coefficient (Wildman–Crippen LogP) is 1.23. The molecule has 0 aromatic carbocycles. The fourth-order valence-corrected chi connectivity index (χ4v) is 4.08. The molecule has 7 atom stereocenters. The monoisotopic (exact) mass is 347 g/mol. The van der Waals surface area contributed by atoms with Crippen LogP contribution in [0.2, 0.25) is 0 Å². The third-order valence-corrected chi connectivity index (χ3v) is 5.54. The third kappa shape index (κ3) is 3.35. The lowest BCUT2D eigenvalue weighted by atomic mass is 9.78. The number of hydrogen-bond donors (Lipinski definition) is 2. The Morgan fingerprint density at radius 2 is 2.22 bits per heavy atom. The Kier molecular flexibility index (Phi) is 5.92. The molecule has 2 saturated heterocycles. The summed E-state index contributed by atoms with van der Waals surface area (Å²) in [6.07, 6.45) is 1.28. The van der Waals surface area contributed by atoms with Gasteiger partial charge in [-0.3, -0.25) is 9.59 Å². The zero-order valence-corrected chi connectivity index (χ0v) is 14.6. The highest BCUT2D eigenvalue weighted by Crippen LogP contribution is 2.42. The number of aliphatic hydroxyl groups is 1. The summed E-state index contributed by atoms with van der Waals surface area (Å²) in [6.45, 7) is 6.04. The Balaban J connectivity index is 2.21. The number of epoxide rings is 1. The first-order chi connectivity index (χ1) is 10.9. The normalized spacial score (nSPS) is 38.7. The molecule has 2 aliphatic heterocycles. The average Bonchev–Trinajstić information content (AvgIpc) is 3.25. The molecule has 132 valence electrons. The van der Waals surface area contributed by atoms with Gasteiger partial charge in [-0.15, -0.1) is 11.6 Å². The number of nitrogens with one attached hydrogen (secondary N) is 1. The highest BCUT2D eigenvalue weighted by Gasteiger charge is 2.59. The van der Waals surface area contributed by atoms with Crippen molar-refractivity contribution in [3.05, 3.63) is 0 Å². The summed E-state index contributed by atoms with van der Waals surface area (Å²) in [5, 5.41) is 13.7. The summed E-state index contributed by atoms with van der Waals surface area (Å²) >= 11 is 5.78. The van der Waals surface area contributed by atoms with Gasteiger partial charge in [0.2, 0.25) is 5.91 Å².